The van der Waals surface area contributed by atoms with Gasteiger partial charge in [0.05, 0.1) is 0 Å². The summed E-state index contributed by atoms with van der Waals surface area (Å²) in [5, 5.41) is 3.42. The maximum absolute atomic E-state index is 12.0. The summed E-state index contributed by atoms with van der Waals surface area (Å²) in [6.07, 6.45) is 1.54. The maximum Gasteiger partial charge on any atom is 0.237 e. The Morgan fingerprint density at radius 2 is 1.81 bits per heavy atom. The second kappa shape index (κ2) is 6.16. The SMILES string of the molecule is CC(C)(C)N1CCC(NCc2ccccc2)(C(N)=O)CC1. The predicted octanol–water partition coefficient (Wildman–Crippen LogP) is 1.89. The molecular formula is C17H27N3O. The molecule has 0 saturated carbocycles. The summed E-state index contributed by atoms with van der Waals surface area (Å²) < 4.78 is 0. The summed E-state index contributed by atoms with van der Waals surface area (Å²) in [4.78, 5) is 14.4. The minimum atomic E-state index is -0.572. The van der Waals surface area contributed by atoms with Crippen LogP contribution >= 0.6 is 0 Å². The lowest BCUT2D eigenvalue weighted by Crippen LogP contribution is -2.62. The summed E-state index contributed by atoms with van der Waals surface area (Å²) in [6.45, 7) is 9.10. The molecule has 1 aliphatic rings. The number of piperidine rings is 1. The first-order valence-corrected chi connectivity index (χ1v) is 7.67. The van der Waals surface area contributed by atoms with E-state index in [0.29, 0.717) is 6.54 Å². The minimum Gasteiger partial charge on any atom is -0.368 e. The van der Waals surface area contributed by atoms with Gasteiger partial charge in [-0.1, -0.05) is 30.3 Å². The van der Waals surface area contributed by atoms with Gasteiger partial charge in [-0.2, -0.15) is 0 Å². The number of benzene rings is 1. The molecule has 3 N–H and O–H groups in total. The van der Waals surface area contributed by atoms with Crippen molar-refractivity contribution in [1.29, 1.82) is 0 Å². The van der Waals surface area contributed by atoms with Gasteiger partial charge >= 0.3 is 0 Å². The van der Waals surface area contributed by atoms with E-state index < -0.39 is 5.54 Å². The molecule has 0 spiro atoms. The standard InChI is InChI=1S/C17H27N3O/c1-16(2,3)20-11-9-17(10-12-20,15(18)21)19-13-14-7-5-4-6-8-14/h4-8,19H,9-13H2,1-3H3,(H2,18,21). The van der Waals surface area contributed by atoms with Gasteiger partial charge in [0, 0.05) is 25.2 Å². The summed E-state index contributed by atoms with van der Waals surface area (Å²) in [5.41, 5.74) is 6.45. The van der Waals surface area contributed by atoms with E-state index in [1.54, 1.807) is 0 Å². The van der Waals surface area contributed by atoms with Crippen LogP contribution < -0.4 is 11.1 Å². The Balaban J connectivity index is 2.01. The topological polar surface area (TPSA) is 58.4 Å². The van der Waals surface area contributed by atoms with Crippen LogP contribution in [0.4, 0.5) is 0 Å². The van der Waals surface area contributed by atoms with Gasteiger partial charge in [-0.25, -0.2) is 0 Å². The fourth-order valence-electron chi connectivity index (χ4n) is 2.94. The Morgan fingerprint density at radius 3 is 2.29 bits per heavy atom. The molecule has 1 aliphatic heterocycles. The molecule has 1 aromatic carbocycles. The van der Waals surface area contributed by atoms with Gasteiger partial charge in [0.25, 0.3) is 0 Å². The third-order valence-electron chi connectivity index (χ3n) is 4.51. The highest BCUT2D eigenvalue weighted by atomic mass is 16.1. The molecule has 0 aromatic heterocycles. The molecule has 1 aromatic rings. The number of rotatable bonds is 4. The zero-order valence-corrected chi connectivity index (χ0v) is 13.4. The van der Waals surface area contributed by atoms with Gasteiger partial charge in [-0.15, -0.1) is 0 Å². The molecule has 4 nitrogen and oxygen atoms in total. The molecule has 1 amide bonds. The number of nitrogens with zero attached hydrogens (tertiary/aromatic N) is 1. The van der Waals surface area contributed by atoms with Crippen molar-refractivity contribution in [2.75, 3.05) is 13.1 Å². The summed E-state index contributed by atoms with van der Waals surface area (Å²) in [5.74, 6) is -0.230. The number of nitrogens with one attached hydrogen (secondary N) is 1. The lowest BCUT2D eigenvalue weighted by atomic mass is 9.84. The molecule has 0 bridgehead atoms. The average molecular weight is 289 g/mol. The first kappa shape index (κ1) is 16.0. The van der Waals surface area contributed by atoms with E-state index in [9.17, 15) is 4.79 Å². The predicted molar refractivity (Wildman–Crippen MR) is 85.8 cm³/mol. The zero-order valence-electron chi connectivity index (χ0n) is 13.4. The highest BCUT2D eigenvalue weighted by Gasteiger charge is 2.41. The van der Waals surface area contributed by atoms with Crippen molar-refractivity contribution < 1.29 is 4.79 Å². The molecule has 1 saturated heterocycles. The third-order valence-corrected chi connectivity index (χ3v) is 4.51. The molecule has 0 aliphatic carbocycles. The Kier molecular flexibility index (Phi) is 4.69. The molecule has 1 fully saturated rings. The second-order valence-corrected chi connectivity index (χ2v) is 6.94. The fourth-order valence-corrected chi connectivity index (χ4v) is 2.94. The number of hydrogen-bond acceptors (Lipinski definition) is 3. The number of primary amides is 1. The van der Waals surface area contributed by atoms with E-state index in [1.807, 2.05) is 18.2 Å². The van der Waals surface area contributed by atoms with Crippen molar-refractivity contribution in [3.05, 3.63) is 35.9 Å². The van der Waals surface area contributed by atoms with Crippen LogP contribution in [0.5, 0.6) is 0 Å². The van der Waals surface area contributed by atoms with E-state index in [1.165, 1.54) is 5.56 Å². The van der Waals surface area contributed by atoms with Gasteiger partial charge in [-0.05, 0) is 39.2 Å². The van der Waals surface area contributed by atoms with E-state index in [4.69, 9.17) is 5.73 Å². The van der Waals surface area contributed by atoms with Crippen LogP contribution in [0.25, 0.3) is 0 Å². The number of amides is 1. The minimum absolute atomic E-state index is 0.142. The van der Waals surface area contributed by atoms with E-state index in [2.05, 4.69) is 43.1 Å². The number of nitrogens with two attached hydrogens (primary N) is 1. The first-order valence-electron chi connectivity index (χ1n) is 7.67. The van der Waals surface area contributed by atoms with Crippen LogP contribution in [0.1, 0.15) is 39.2 Å². The van der Waals surface area contributed by atoms with Crippen LogP contribution in [0.2, 0.25) is 0 Å². The number of carbonyl (C=O) groups excluding carboxylic acids is 1. The van der Waals surface area contributed by atoms with Crippen molar-refractivity contribution in [2.45, 2.75) is 51.2 Å². The van der Waals surface area contributed by atoms with Crippen LogP contribution in [0.3, 0.4) is 0 Å². The van der Waals surface area contributed by atoms with Gasteiger partial charge in [0.1, 0.15) is 5.54 Å². The normalized spacial score (nSPS) is 19.4. The molecule has 116 valence electrons. The summed E-state index contributed by atoms with van der Waals surface area (Å²) >= 11 is 0. The zero-order chi connectivity index (χ0) is 15.5. The van der Waals surface area contributed by atoms with Crippen molar-refractivity contribution in [3.63, 3.8) is 0 Å². The van der Waals surface area contributed by atoms with Crippen LogP contribution in [0.15, 0.2) is 30.3 Å². The van der Waals surface area contributed by atoms with Gasteiger partial charge < -0.3 is 5.73 Å². The van der Waals surface area contributed by atoms with Crippen LogP contribution in [-0.2, 0) is 11.3 Å². The first-order chi connectivity index (χ1) is 9.83. The van der Waals surface area contributed by atoms with E-state index in [-0.39, 0.29) is 11.4 Å². The van der Waals surface area contributed by atoms with Crippen LogP contribution in [-0.4, -0.2) is 35.0 Å². The maximum atomic E-state index is 12.0. The molecule has 0 unspecified atom stereocenters. The summed E-state index contributed by atoms with van der Waals surface area (Å²) in [6, 6.07) is 10.1. The lowest BCUT2D eigenvalue weighted by molar-refractivity contribution is -0.127. The van der Waals surface area contributed by atoms with Crippen molar-refractivity contribution in [3.8, 4) is 0 Å². The molecule has 0 atom stereocenters. The van der Waals surface area contributed by atoms with Crippen molar-refractivity contribution in [2.24, 2.45) is 5.73 Å². The van der Waals surface area contributed by atoms with Crippen molar-refractivity contribution >= 4 is 5.91 Å². The second-order valence-electron chi connectivity index (χ2n) is 6.94. The van der Waals surface area contributed by atoms with Crippen LogP contribution in [0, 0.1) is 0 Å². The Bertz CT molecular complexity index is 471. The molecule has 1 heterocycles. The summed E-state index contributed by atoms with van der Waals surface area (Å²) in [7, 11) is 0. The van der Waals surface area contributed by atoms with E-state index in [0.717, 1.165) is 25.9 Å². The number of carbonyl (C=O) groups is 1. The average Bonchev–Trinajstić information content (AvgIpc) is 2.45. The molecule has 21 heavy (non-hydrogen) atoms. The Hall–Kier alpha value is -1.39. The number of hydrogen-bond donors (Lipinski definition) is 2. The van der Waals surface area contributed by atoms with Crippen molar-refractivity contribution in [1.82, 2.24) is 10.2 Å². The molecule has 0 radical (unpaired) electrons. The smallest absolute Gasteiger partial charge is 0.237 e. The van der Waals surface area contributed by atoms with Gasteiger partial charge in [0.2, 0.25) is 5.91 Å². The molecule has 2 rings (SSSR count). The monoisotopic (exact) mass is 289 g/mol. The largest absolute Gasteiger partial charge is 0.368 e. The fraction of sp³-hybridized carbons (Fsp3) is 0.588. The molecule has 4 heteroatoms. The Morgan fingerprint density at radius 1 is 1.24 bits per heavy atom. The third kappa shape index (κ3) is 3.83. The molecular weight excluding hydrogens is 262 g/mol. The van der Waals surface area contributed by atoms with Gasteiger partial charge in [-0.3, -0.25) is 15.0 Å². The van der Waals surface area contributed by atoms with E-state index >= 15 is 0 Å². The quantitative estimate of drug-likeness (QED) is 0.890. The highest BCUT2D eigenvalue weighted by molar-refractivity contribution is 5.84. The lowest BCUT2D eigenvalue weighted by Gasteiger charge is -2.45. The highest BCUT2D eigenvalue weighted by Crippen LogP contribution is 2.27. The number of likely N-dealkylation sites (tertiary alicyclic amines) is 1. The van der Waals surface area contributed by atoms with Gasteiger partial charge in [0.15, 0.2) is 0 Å². The Labute approximate surface area is 127 Å².